The topological polar surface area (TPSA) is 37.0 Å². The highest BCUT2D eigenvalue weighted by molar-refractivity contribution is 5.46. The quantitative estimate of drug-likeness (QED) is 0.596. The van der Waals surface area contributed by atoms with Gasteiger partial charge in [-0.2, -0.15) is 0 Å². The molecule has 18 heavy (non-hydrogen) atoms. The Kier molecular flexibility index (Phi) is 4.86. The molecular weight excluding hydrogens is 222 g/mol. The van der Waals surface area contributed by atoms with Crippen molar-refractivity contribution in [3.05, 3.63) is 41.9 Å². The Morgan fingerprint density at radius 1 is 1.44 bits per heavy atom. The molecule has 96 valence electrons. The maximum Gasteiger partial charge on any atom is 0.129 e. The molecular formula is C15H21N3. The molecule has 0 aliphatic carbocycles. The SMILES string of the molecule is C=C=CNCCCCc1ccc2c(n1)NCCC2. The van der Waals surface area contributed by atoms with E-state index in [0.29, 0.717) is 0 Å². The molecule has 0 aromatic carbocycles. The number of unbranched alkanes of at least 4 members (excludes halogenated alkanes) is 1. The number of aryl methyl sites for hydroxylation is 2. The molecule has 3 nitrogen and oxygen atoms in total. The van der Waals surface area contributed by atoms with E-state index in [1.807, 2.05) is 0 Å². The van der Waals surface area contributed by atoms with E-state index in [-0.39, 0.29) is 0 Å². The summed E-state index contributed by atoms with van der Waals surface area (Å²) >= 11 is 0. The van der Waals surface area contributed by atoms with E-state index in [0.717, 1.165) is 44.6 Å². The highest BCUT2D eigenvalue weighted by Gasteiger charge is 2.09. The largest absolute Gasteiger partial charge is 0.385 e. The number of pyridine rings is 1. The van der Waals surface area contributed by atoms with Crippen LogP contribution in [0.5, 0.6) is 0 Å². The van der Waals surface area contributed by atoms with Gasteiger partial charge in [-0.15, -0.1) is 5.73 Å². The fraction of sp³-hybridized carbons (Fsp3) is 0.467. The average molecular weight is 243 g/mol. The maximum atomic E-state index is 4.69. The second-order valence-corrected chi connectivity index (χ2v) is 4.60. The van der Waals surface area contributed by atoms with Crippen LogP contribution in [0.25, 0.3) is 0 Å². The monoisotopic (exact) mass is 243 g/mol. The lowest BCUT2D eigenvalue weighted by molar-refractivity contribution is 0.686. The number of fused-ring (bicyclic) bond motifs is 1. The van der Waals surface area contributed by atoms with Crippen LogP contribution in [-0.2, 0) is 12.8 Å². The number of hydrogen-bond acceptors (Lipinski definition) is 3. The first-order valence-electron chi connectivity index (χ1n) is 6.70. The summed E-state index contributed by atoms with van der Waals surface area (Å²) in [4.78, 5) is 4.69. The summed E-state index contributed by atoms with van der Waals surface area (Å²) in [6, 6.07) is 4.39. The van der Waals surface area contributed by atoms with E-state index >= 15 is 0 Å². The van der Waals surface area contributed by atoms with Crippen molar-refractivity contribution in [3.63, 3.8) is 0 Å². The van der Waals surface area contributed by atoms with E-state index < -0.39 is 0 Å². The van der Waals surface area contributed by atoms with Gasteiger partial charge in [0.25, 0.3) is 0 Å². The van der Waals surface area contributed by atoms with E-state index in [2.05, 4.69) is 40.1 Å². The molecule has 1 aliphatic rings. The number of anilines is 1. The molecule has 0 radical (unpaired) electrons. The van der Waals surface area contributed by atoms with Gasteiger partial charge in [-0.05, 0) is 43.7 Å². The molecule has 2 rings (SSSR count). The number of nitrogens with one attached hydrogen (secondary N) is 2. The highest BCUT2D eigenvalue weighted by Crippen LogP contribution is 2.20. The number of nitrogens with zero attached hydrogens (tertiary/aromatic N) is 1. The predicted octanol–water partition coefficient (Wildman–Crippen LogP) is 2.65. The van der Waals surface area contributed by atoms with E-state index in [4.69, 9.17) is 0 Å². The lowest BCUT2D eigenvalue weighted by Crippen LogP contribution is -2.14. The molecule has 0 spiro atoms. The highest BCUT2D eigenvalue weighted by atomic mass is 15.0. The van der Waals surface area contributed by atoms with Gasteiger partial charge in [0.2, 0.25) is 0 Å². The van der Waals surface area contributed by atoms with Crippen molar-refractivity contribution in [1.82, 2.24) is 10.3 Å². The molecule has 2 N–H and O–H groups in total. The van der Waals surface area contributed by atoms with Crippen LogP contribution >= 0.6 is 0 Å². The zero-order chi connectivity index (χ0) is 12.6. The second kappa shape index (κ2) is 6.87. The third-order valence-corrected chi connectivity index (χ3v) is 3.16. The van der Waals surface area contributed by atoms with Crippen LogP contribution in [0.2, 0.25) is 0 Å². The van der Waals surface area contributed by atoms with Crippen molar-refractivity contribution in [2.75, 3.05) is 18.4 Å². The molecule has 3 heteroatoms. The van der Waals surface area contributed by atoms with Crippen LogP contribution < -0.4 is 10.6 Å². The summed E-state index contributed by atoms with van der Waals surface area (Å²) < 4.78 is 0. The molecule has 0 unspecified atom stereocenters. The van der Waals surface area contributed by atoms with Gasteiger partial charge in [-0.3, -0.25) is 0 Å². The molecule has 1 aliphatic heterocycles. The Balaban J connectivity index is 1.77. The molecule has 1 aromatic rings. The minimum atomic E-state index is 0.978. The van der Waals surface area contributed by atoms with Crippen molar-refractivity contribution < 1.29 is 0 Å². The summed E-state index contributed by atoms with van der Waals surface area (Å²) in [6.07, 6.45) is 7.49. The van der Waals surface area contributed by atoms with Gasteiger partial charge in [0.15, 0.2) is 0 Å². The van der Waals surface area contributed by atoms with Crippen molar-refractivity contribution in [1.29, 1.82) is 0 Å². The van der Waals surface area contributed by atoms with Crippen LogP contribution in [0, 0.1) is 0 Å². The summed E-state index contributed by atoms with van der Waals surface area (Å²) in [7, 11) is 0. The zero-order valence-electron chi connectivity index (χ0n) is 10.8. The maximum absolute atomic E-state index is 4.69. The number of rotatable bonds is 6. The summed E-state index contributed by atoms with van der Waals surface area (Å²) in [5.74, 6) is 1.10. The number of aromatic nitrogens is 1. The van der Waals surface area contributed by atoms with Gasteiger partial charge in [0.1, 0.15) is 5.82 Å². The summed E-state index contributed by atoms with van der Waals surface area (Å²) in [6.45, 7) is 5.54. The number of hydrogen-bond donors (Lipinski definition) is 2. The van der Waals surface area contributed by atoms with Crippen LogP contribution in [-0.4, -0.2) is 18.1 Å². The average Bonchev–Trinajstić information content (AvgIpc) is 2.42. The zero-order valence-corrected chi connectivity index (χ0v) is 10.8. The standard InChI is InChI=1S/C15H21N3/c1-2-10-16-11-4-3-7-14-9-8-13-6-5-12-17-15(13)18-14/h8-10,16H,1,3-7,11-12H2,(H,17,18). The fourth-order valence-corrected chi connectivity index (χ4v) is 2.19. The first kappa shape index (κ1) is 12.7. The predicted molar refractivity (Wildman–Crippen MR) is 75.7 cm³/mol. The Morgan fingerprint density at radius 3 is 3.28 bits per heavy atom. The minimum absolute atomic E-state index is 0.978. The normalized spacial score (nSPS) is 13.1. The first-order valence-corrected chi connectivity index (χ1v) is 6.70. The van der Waals surface area contributed by atoms with Crippen molar-refractivity contribution in [3.8, 4) is 0 Å². The van der Waals surface area contributed by atoms with Crippen LogP contribution in [0.15, 0.2) is 30.6 Å². The van der Waals surface area contributed by atoms with Crippen LogP contribution in [0.1, 0.15) is 30.5 Å². The van der Waals surface area contributed by atoms with Gasteiger partial charge in [-0.1, -0.05) is 12.6 Å². The van der Waals surface area contributed by atoms with Crippen molar-refractivity contribution in [2.45, 2.75) is 32.1 Å². The van der Waals surface area contributed by atoms with Gasteiger partial charge < -0.3 is 10.6 Å². The van der Waals surface area contributed by atoms with E-state index in [1.165, 1.54) is 17.7 Å². The smallest absolute Gasteiger partial charge is 0.129 e. The lowest BCUT2D eigenvalue weighted by atomic mass is 10.1. The molecule has 0 bridgehead atoms. The van der Waals surface area contributed by atoms with Crippen molar-refractivity contribution in [2.24, 2.45) is 0 Å². The third kappa shape index (κ3) is 3.64. The van der Waals surface area contributed by atoms with E-state index in [1.54, 1.807) is 6.20 Å². The Bertz CT molecular complexity index is 433. The van der Waals surface area contributed by atoms with Gasteiger partial charge in [-0.25, -0.2) is 4.98 Å². The van der Waals surface area contributed by atoms with Crippen LogP contribution in [0.4, 0.5) is 5.82 Å². The molecule has 0 amide bonds. The molecule has 0 saturated heterocycles. The molecule has 1 aromatic heterocycles. The first-order chi connectivity index (χ1) is 8.90. The third-order valence-electron chi connectivity index (χ3n) is 3.16. The fourth-order valence-electron chi connectivity index (χ4n) is 2.19. The Hall–Kier alpha value is -1.73. The lowest BCUT2D eigenvalue weighted by Gasteiger charge is -2.17. The molecule has 0 atom stereocenters. The molecule has 2 heterocycles. The second-order valence-electron chi connectivity index (χ2n) is 4.60. The van der Waals surface area contributed by atoms with E-state index in [9.17, 15) is 0 Å². The molecule has 0 saturated carbocycles. The summed E-state index contributed by atoms with van der Waals surface area (Å²) in [5, 5.41) is 6.52. The Labute approximate surface area is 109 Å². The van der Waals surface area contributed by atoms with Crippen LogP contribution in [0.3, 0.4) is 0 Å². The van der Waals surface area contributed by atoms with Gasteiger partial charge >= 0.3 is 0 Å². The van der Waals surface area contributed by atoms with Crippen molar-refractivity contribution >= 4 is 5.82 Å². The summed E-state index contributed by atoms with van der Waals surface area (Å²) in [5.41, 5.74) is 5.26. The molecule has 0 fully saturated rings. The van der Waals surface area contributed by atoms with Gasteiger partial charge in [0.05, 0.1) is 0 Å². The minimum Gasteiger partial charge on any atom is -0.385 e. The van der Waals surface area contributed by atoms with Gasteiger partial charge in [0, 0.05) is 25.0 Å². The Morgan fingerprint density at radius 2 is 2.39 bits per heavy atom.